The van der Waals surface area contributed by atoms with Crippen LogP contribution in [0.1, 0.15) is 105 Å². The molecule has 0 heterocycles. The molecule has 0 aromatic carbocycles. The fourth-order valence-corrected chi connectivity index (χ4v) is 9.32. The summed E-state index contributed by atoms with van der Waals surface area (Å²) in [5, 5.41) is 10.3. The molecule has 4 fully saturated rings. The average molecular weight is 404 g/mol. The molecule has 0 spiro atoms. The van der Waals surface area contributed by atoms with Gasteiger partial charge in [-0.1, -0.05) is 53.9 Å². The van der Waals surface area contributed by atoms with Crippen molar-refractivity contribution in [2.24, 2.45) is 58.0 Å². The lowest BCUT2D eigenvalue weighted by atomic mass is 9.43. The topological polar surface area (TPSA) is 46.2 Å². The lowest BCUT2D eigenvalue weighted by molar-refractivity contribution is -0.136. The summed E-state index contributed by atoms with van der Waals surface area (Å²) in [6.45, 7) is 12.5. The number of aliphatic hydroxyl groups is 1. The van der Waals surface area contributed by atoms with Crippen molar-refractivity contribution in [2.45, 2.75) is 117 Å². The highest BCUT2D eigenvalue weighted by Gasteiger charge is 2.62. The van der Waals surface area contributed by atoms with Gasteiger partial charge in [0.1, 0.15) is 0 Å². The van der Waals surface area contributed by atoms with E-state index >= 15 is 0 Å². The smallest absolute Gasteiger partial charge is 0.0543 e. The van der Waals surface area contributed by atoms with Crippen LogP contribution >= 0.6 is 0 Å². The molecule has 0 amide bonds. The zero-order valence-electron chi connectivity index (χ0n) is 20.0. The van der Waals surface area contributed by atoms with Gasteiger partial charge in [-0.05, 0) is 104 Å². The van der Waals surface area contributed by atoms with Crippen LogP contribution in [0, 0.1) is 52.3 Å². The van der Waals surface area contributed by atoms with Gasteiger partial charge in [0.05, 0.1) is 6.10 Å². The molecule has 2 heteroatoms. The molecule has 2 unspecified atom stereocenters. The predicted octanol–water partition coefficient (Wildman–Crippen LogP) is 6.41. The van der Waals surface area contributed by atoms with Gasteiger partial charge in [-0.15, -0.1) is 0 Å². The Balaban J connectivity index is 1.50. The normalized spacial score (nSPS) is 50.7. The van der Waals surface area contributed by atoms with Crippen LogP contribution < -0.4 is 5.73 Å². The van der Waals surface area contributed by atoms with Gasteiger partial charge in [0.25, 0.3) is 0 Å². The molecule has 3 N–H and O–H groups in total. The van der Waals surface area contributed by atoms with Crippen molar-refractivity contribution in [3.63, 3.8) is 0 Å². The van der Waals surface area contributed by atoms with E-state index in [4.69, 9.17) is 5.73 Å². The highest BCUT2D eigenvalue weighted by molar-refractivity contribution is 5.12. The summed E-state index contributed by atoms with van der Waals surface area (Å²) in [7, 11) is 0. The number of hydrogen-bond donors (Lipinski definition) is 2. The number of aliphatic hydroxyl groups excluding tert-OH is 1. The lowest BCUT2D eigenvalue weighted by Gasteiger charge is -2.63. The maximum Gasteiger partial charge on any atom is 0.0543 e. The standard InChI is InChI=1S/C27H49NO/c1-17(2)7-6-8-18(3)21-9-10-22-25-23(12-14-27(21,22)5)26(4)13-11-20(29)15-19(26)16-24(25)28/h17-25,29H,6-16,28H2,1-5H3/t18-,19?,20+,21?,22+,23+,24+,25+,26+,27-/m1/s1. The van der Waals surface area contributed by atoms with Crippen molar-refractivity contribution in [1.29, 1.82) is 0 Å². The summed E-state index contributed by atoms with van der Waals surface area (Å²) in [5.41, 5.74) is 7.92. The van der Waals surface area contributed by atoms with E-state index in [0.717, 1.165) is 54.8 Å². The summed E-state index contributed by atoms with van der Waals surface area (Å²) in [5.74, 6) is 5.65. The highest BCUT2D eigenvalue weighted by Crippen LogP contribution is 2.68. The van der Waals surface area contributed by atoms with E-state index in [1.807, 2.05) is 0 Å². The lowest BCUT2D eigenvalue weighted by Crippen LogP contribution is -2.60. The number of fused-ring (bicyclic) bond motifs is 5. The second kappa shape index (κ2) is 8.12. The fraction of sp³-hybridized carbons (Fsp3) is 1.00. The molecule has 0 aliphatic heterocycles. The van der Waals surface area contributed by atoms with Gasteiger partial charge in [0.15, 0.2) is 0 Å². The monoisotopic (exact) mass is 403 g/mol. The van der Waals surface area contributed by atoms with E-state index in [1.165, 1.54) is 51.4 Å². The quantitative estimate of drug-likeness (QED) is 0.557. The Hall–Kier alpha value is -0.0800. The third kappa shape index (κ3) is 3.73. The van der Waals surface area contributed by atoms with Crippen LogP contribution in [0.3, 0.4) is 0 Å². The third-order valence-corrected chi connectivity index (χ3v) is 10.9. The Labute approximate surface area is 180 Å². The predicted molar refractivity (Wildman–Crippen MR) is 122 cm³/mol. The maximum absolute atomic E-state index is 10.3. The molecule has 168 valence electrons. The third-order valence-electron chi connectivity index (χ3n) is 10.9. The van der Waals surface area contributed by atoms with Crippen LogP contribution in [0.25, 0.3) is 0 Å². The van der Waals surface area contributed by atoms with Crippen LogP contribution in [0.4, 0.5) is 0 Å². The molecule has 0 radical (unpaired) electrons. The van der Waals surface area contributed by atoms with E-state index in [2.05, 4.69) is 34.6 Å². The molecule has 4 rings (SSSR count). The highest BCUT2D eigenvalue weighted by atomic mass is 16.3. The fourth-order valence-electron chi connectivity index (χ4n) is 9.32. The second-order valence-electron chi connectivity index (χ2n) is 12.9. The van der Waals surface area contributed by atoms with Crippen LogP contribution in [0.2, 0.25) is 0 Å². The molecule has 0 saturated heterocycles. The Bertz CT molecular complexity index is 575. The van der Waals surface area contributed by atoms with Crippen LogP contribution in [0.15, 0.2) is 0 Å². The van der Waals surface area contributed by atoms with E-state index in [0.29, 0.717) is 22.8 Å². The summed E-state index contributed by atoms with van der Waals surface area (Å²) in [6, 6.07) is 0.364. The molecule has 4 aliphatic carbocycles. The number of hydrogen-bond acceptors (Lipinski definition) is 2. The van der Waals surface area contributed by atoms with Crippen molar-refractivity contribution in [1.82, 2.24) is 0 Å². The van der Waals surface area contributed by atoms with Crippen LogP contribution in [-0.2, 0) is 0 Å². The summed E-state index contributed by atoms with van der Waals surface area (Å²) >= 11 is 0. The molecule has 4 saturated carbocycles. The largest absolute Gasteiger partial charge is 0.393 e. The first-order chi connectivity index (χ1) is 13.7. The van der Waals surface area contributed by atoms with Gasteiger partial charge in [-0.3, -0.25) is 0 Å². The van der Waals surface area contributed by atoms with Crippen molar-refractivity contribution in [2.75, 3.05) is 0 Å². The number of rotatable bonds is 5. The van der Waals surface area contributed by atoms with Gasteiger partial charge in [-0.2, -0.15) is 0 Å². The molecule has 2 nitrogen and oxygen atoms in total. The Morgan fingerprint density at radius 2 is 1.59 bits per heavy atom. The Kier molecular flexibility index (Phi) is 6.19. The first-order valence-corrected chi connectivity index (χ1v) is 13.1. The summed E-state index contributed by atoms with van der Waals surface area (Å²) in [6.07, 6.45) is 14.2. The first-order valence-electron chi connectivity index (χ1n) is 13.1. The molecule has 10 atom stereocenters. The van der Waals surface area contributed by atoms with Crippen molar-refractivity contribution >= 4 is 0 Å². The maximum atomic E-state index is 10.3. The average Bonchev–Trinajstić information content (AvgIpc) is 3.00. The van der Waals surface area contributed by atoms with E-state index in [9.17, 15) is 5.11 Å². The summed E-state index contributed by atoms with van der Waals surface area (Å²) in [4.78, 5) is 0. The minimum absolute atomic E-state index is 0.0757. The van der Waals surface area contributed by atoms with Crippen LogP contribution in [0.5, 0.6) is 0 Å². The minimum atomic E-state index is -0.0757. The molecular formula is C27H49NO. The molecule has 0 bridgehead atoms. The second-order valence-corrected chi connectivity index (χ2v) is 12.9. The van der Waals surface area contributed by atoms with Gasteiger partial charge in [-0.25, -0.2) is 0 Å². The van der Waals surface area contributed by atoms with Crippen molar-refractivity contribution in [3.05, 3.63) is 0 Å². The Morgan fingerprint density at radius 3 is 2.31 bits per heavy atom. The molecule has 29 heavy (non-hydrogen) atoms. The first kappa shape index (κ1) is 22.1. The number of nitrogens with two attached hydrogens (primary N) is 1. The van der Waals surface area contributed by atoms with Gasteiger partial charge >= 0.3 is 0 Å². The van der Waals surface area contributed by atoms with E-state index in [-0.39, 0.29) is 6.10 Å². The minimum Gasteiger partial charge on any atom is -0.393 e. The molecular weight excluding hydrogens is 354 g/mol. The molecule has 0 aromatic heterocycles. The Morgan fingerprint density at radius 1 is 0.897 bits per heavy atom. The molecule has 0 aromatic rings. The van der Waals surface area contributed by atoms with Gasteiger partial charge < -0.3 is 10.8 Å². The van der Waals surface area contributed by atoms with Crippen LogP contribution in [-0.4, -0.2) is 17.3 Å². The van der Waals surface area contributed by atoms with Crippen molar-refractivity contribution < 1.29 is 5.11 Å². The summed E-state index contributed by atoms with van der Waals surface area (Å²) < 4.78 is 0. The van der Waals surface area contributed by atoms with Gasteiger partial charge in [0.2, 0.25) is 0 Å². The SMILES string of the molecule is CC(C)CCC[C@@H](C)C1CC[C@H]2[C@@H]3[C@@H](N)CC4C[C@@H](O)CC[C@]4(C)[C@H]3CC[C@]12C. The van der Waals surface area contributed by atoms with Crippen molar-refractivity contribution in [3.8, 4) is 0 Å². The van der Waals surface area contributed by atoms with Gasteiger partial charge in [0, 0.05) is 6.04 Å². The molecule has 4 aliphatic rings. The zero-order valence-corrected chi connectivity index (χ0v) is 20.0. The zero-order chi connectivity index (χ0) is 21.0. The van der Waals surface area contributed by atoms with E-state index < -0.39 is 0 Å². The van der Waals surface area contributed by atoms with E-state index in [1.54, 1.807) is 0 Å².